The summed E-state index contributed by atoms with van der Waals surface area (Å²) in [6.07, 6.45) is -4.06. The minimum atomic E-state index is -4.62. The Morgan fingerprint density at radius 3 is 2.54 bits per heavy atom. The normalized spacial score (nSPS) is 11.2. The fourth-order valence-corrected chi connectivity index (χ4v) is 2.65. The number of carbonyl (C=O) groups excluding carboxylic acids is 2. The molecule has 0 saturated heterocycles. The van der Waals surface area contributed by atoms with Gasteiger partial charge in [-0.2, -0.15) is 13.2 Å². The number of aryl methyl sites for hydroxylation is 1. The van der Waals surface area contributed by atoms with E-state index in [0.29, 0.717) is 22.5 Å². The van der Waals surface area contributed by atoms with E-state index in [1.165, 1.54) is 0 Å². The summed E-state index contributed by atoms with van der Waals surface area (Å²) < 4.78 is 39.6. The maximum Gasteiger partial charge on any atom is 0.417 e. The van der Waals surface area contributed by atoms with Crippen LogP contribution in [0.5, 0.6) is 0 Å². The predicted octanol–water partition coefficient (Wildman–Crippen LogP) is 3.08. The number of hydrogen-bond donors (Lipinski definition) is 2. The van der Waals surface area contributed by atoms with E-state index in [1.54, 1.807) is 6.07 Å². The second-order valence-electron chi connectivity index (χ2n) is 5.99. The molecule has 1 heterocycles. The Morgan fingerprint density at radius 1 is 1.14 bits per heavy atom. The fraction of sp³-hybridized carbons (Fsp3) is 0.278. The first-order chi connectivity index (χ1) is 13.1. The molecule has 0 radical (unpaired) electrons. The molecular weight excluding hydrogens is 443 g/mol. The van der Waals surface area contributed by atoms with Crippen LogP contribution in [-0.4, -0.2) is 22.9 Å². The molecule has 0 aliphatic rings. The van der Waals surface area contributed by atoms with Crippen molar-refractivity contribution in [3.8, 4) is 0 Å². The Balaban J connectivity index is 1.87. The van der Waals surface area contributed by atoms with E-state index in [9.17, 15) is 27.6 Å². The van der Waals surface area contributed by atoms with Gasteiger partial charge in [-0.3, -0.25) is 14.4 Å². The summed E-state index contributed by atoms with van der Waals surface area (Å²) in [6.45, 7) is 1.23. The minimum Gasteiger partial charge on any atom is -0.354 e. The van der Waals surface area contributed by atoms with Gasteiger partial charge in [0, 0.05) is 35.4 Å². The number of halogens is 4. The molecule has 0 fully saturated rings. The highest BCUT2D eigenvalue weighted by Gasteiger charge is 2.31. The topological polar surface area (TPSA) is 80.2 Å². The lowest BCUT2D eigenvalue weighted by molar-refractivity contribution is -0.138. The number of anilines is 1. The lowest BCUT2D eigenvalue weighted by Crippen LogP contribution is -2.34. The van der Waals surface area contributed by atoms with Crippen LogP contribution in [-0.2, 0) is 22.3 Å². The zero-order valence-electron chi connectivity index (χ0n) is 14.8. The van der Waals surface area contributed by atoms with Crippen molar-refractivity contribution in [2.45, 2.75) is 26.1 Å². The van der Waals surface area contributed by atoms with Crippen LogP contribution in [0.3, 0.4) is 0 Å². The SMILES string of the molecule is Cc1ccc(Br)cc1NC(=O)CCNC(=O)Cn1cc(C(F)(F)F)ccc1=O. The zero-order chi connectivity index (χ0) is 20.9. The summed E-state index contributed by atoms with van der Waals surface area (Å²) in [6, 6.07) is 6.82. The molecule has 28 heavy (non-hydrogen) atoms. The molecule has 2 amide bonds. The summed E-state index contributed by atoms with van der Waals surface area (Å²) in [7, 11) is 0. The Hall–Kier alpha value is -2.62. The second-order valence-corrected chi connectivity index (χ2v) is 6.90. The first-order valence-electron chi connectivity index (χ1n) is 8.16. The Labute approximate surface area is 166 Å². The van der Waals surface area contributed by atoms with Gasteiger partial charge in [0.1, 0.15) is 6.54 Å². The highest BCUT2D eigenvalue weighted by molar-refractivity contribution is 9.10. The molecule has 0 saturated carbocycles. The van der Waals surface area contributed by atoms with Crippen molar-refractivity contribution < 1.29 is 22.8 Å². The summed E-state index contributed by atoms with van der Waals surface area (Å²) >= 11 is 3.31. The van der Waals surface area contributed by atoms with E-state index >= 15 is 0 Å². The molecule has 1 aromatic heterocycles. The van der Waals surface area contributed by atoms with Crippen LogP contribution in [0.25, 0.3) is 0 Å². The molecule has 0 unspecified atom stereocenters. The number of pyridine rings is 1. The van der Waals surface area contributed by atoms with Gasteiger partial charge in [-0.05, 0) is 30.7 Å². The highest BCUT2D eigenvalue weighted by atomic mass is 79.9. The van der Waals surface area contributed by atoms with Crippen LogP contribution in [0.15, 0.2) is 45.8 Å². The number of benzene rings is 1. The number of hydrogen-bond acceptors (Lipinski definition) is 3. The number of rotatable bonds is 6. The first-order valence-corrected chi connectivity index (χ1v) is 8.96. The average Bonchev–Trinajstić information content (AvgIpc) is 2.59. The van der Waals surface area contributed by atoms with Crippen molar-refractivity contribution >= 4 is 33.4 Å². The molecule has 0 bridgehead atoms. The molecule has 0 aliphatic heterocycles. The van der Waals surface area contributed by atoms with Gasteiger partial charge >= 0.3 is 6.18 Å². The molecule has 0 aliphatic carbocycles. The second kappa shape index (κ2) is 9.05. The lowest BCUT2D eigenvalue weighted by atomic mass is 10.2. The summed E-state index contributed by atoms with van der Waals surface area (Å²) in [5, 5.41) is 5.12. The summed E-state index contributed by atoms with van der Waals surface area (Å²) in [5.74, 6) is -1.01. The maximum absolute atomic E-state index is 12.7. The fourth-order valence-electron chi connectivity index (χ4n) is 2.29. The number of nitrogens with one attached hydrogen (secondary N) is 2. The van der Waals surface area contributed by atoms with E-state index in [2.05, 4.69) is 26.6 Å². The van der Waals surface area contributed by atoms with E-state index in [4.69, 9.17) is 0 Å². The number of alkyl halides is 3. The quantitative estimate of drug-likeness (QED) is 0.696. The summed E-state index contributed by atoms with van der Waals surface area (Å²) in [4.78, 5) is 35.5. The molecular formula is C18H17BrF3N3O3. The van der Waals surface area contributed by atoms with Crippen molar-refractivity contribution in [3.05, 3.63) is 62.5 Å². The molecule has 2 N–H and O–H groups in total. The number of amides is 2. The van der Waals surface area contributed by atoms with Gasteiger partial charge in [-0.25, -0.2) is 0 Å². The third kappa shape index (κ3) is 6.22. The van der Waals surface area contributed by atoms with Gasteiger partial charge in [-0.15, -0.1) is 0 Å². The molecule has 2 aromatic rings. The monoisotopic (exact) mass is 459 g/mol. The van der Waals surface area contributed by atoms with E-state index in [0.717, 1.165) is 16.1 Å². The van der Waals surface area contributed by atoms with E-state index < -0.39 is 29.8 Å². The maximum atomic E-state index is 12.7. The zero-order valence-corrected chi connectivity index (χ0v) is 16.4. The molecule has 1 aromatic carbocycles. The molecule has 150 valence electrons. The third-order valence-corrected chi connectivity index (χ3v) is 4.27. The van der Waals surface area contributed by atoms with Crippen molar-refractivity contribution in [1.29, 1.82) is 0 Å². The molecule has 0 spiro atoms. The minimum absolute atomic E-state index is 0.0224. The molecule has 2 rings (SSSR count). The van der Waals surface area contributed by atoms with Crippen LogP contribution >= 0.6 is 15.9 Å². The van der Waals surface area contributed by atoms with E-state index in [-0.39, 0.29) is 18.9 Å². The van der Waals surface area contributed by atoms with Crippen molar-refractivity contribution in [3.63, 3.8) is 0 Å². The number of carbonyl (C=O) groups is 2. The highest BCUT2D eigenvalue weighted by Crippen LogP contribution is 2.28. The Kier molecular flexibility index (Phi) is 7.00. The standard InChI is InChI=1S/C18H17BrF3N3O3/c1-11-2-4-13(19)8-14(11)24-15(26)6-7-23-16(27)10-25-9-12(18(20,21)22)3-5-17(25)28/h2-5,8-9H,6-7,10H2,1H3,(H,23,27)(H,24,26). The first kappa shape index (κ1) is 21.7. The average molecular weight is 460 g/mol. The smallest absolute Gasteiger partial charge is 0.354 e. The van der Waals surface area contributed by atoms with Gasteiger partial charge in [-0.1, -0.05) is 22.0 Å². The largest absolute Gasteiger partial charge is 0.417 e. The van der Waals surface area contributed by atoms with Crippen molar-refractivity contribution in [2.24, 2.45) is 0 Å². The lowest BCUT2D eigenvalue weighted by Gasteiger charge is -2.11. The van der Waals surface area contributed by atoms with Gasteiger partial charge in [0.05, 0.1) is 5.56 Å². The number of nitrogens with zero attached hydrogens (tertiary/aromatic N) is 1. The summed E-state index contributed by atoms with van der Waals surface area (Å²) in [5.41, 5.74) is -0.264. The van der Waals surface area contributed by atoms with Crippen LogP contribution in [0.4, 0.5) is 18.9 Å². The van der Waals surface area contributed by atoms with Gasteiger partial charge in [0.2, 0.25) is 11.8 Å². The van der Waals surface area contributed by atoms with Gasteiger partial charge in [0.25, 0.3) is 5.56 Å². The van der Waals surface area contributed by atoms with E-state index in [1.807, 2.05) is 19.1 Å². The Bertz CT molecular complexity index is 942. The van der Waals surface area contributed by atoms with Crippen molar-refractivity contribution in [2.75, 3.05) is 11.9 Å². The predicted molar refractivity (Wildman–Crippen MR) is 101 cm³/mol. The van der Waals surface area contributed by atoms with Crippen LogP contribution in [0.1, 0.15) is 17.5 Å². The Morgan fingerprint density at radius 2 is 1.86 bits per heavy atom. The third-order valence-electron chi connectivity index (χ3n) is 3.77. The molecule has 0 atom stereocenters. The number of aromatic nitrogens is 1. The van der Waals surface area contributed by atoms with Crippen LogP contribution < -0.4 is 16.2 Å². The van der Waals surface area contributed by atoms with Crippen LogP contribution in [0.2, 0.25) is 0 Å². The van der Waals surface area contributed by atoms with Gasteiger partial charge < -0.3 is 15.2 Å². The molecule has 10 heteroatoms. The van der Waals surface area contributed by atoms with Gasteiger partial charge in [0.15, 0.2) is 0 Å². The van der Waals surface area contributed by atoms with Crippen molar-refractivity contribution in [1.82, 2.24) is 9.88 Å². The molecule has 6 nitrogen and oxygen atoms in total. The van der Waals surface area contributed by atoms with Crippen LogP contribution in [0, 0.1) is 6.92 Å².